The Balaban J connectivity index is 1.24. The van der Waals surface area contributed by atoms with E-state index in [4.69, 9.17) is 23.2 Å². The summed E-state index contributed by atoms with van der Waals surface area (Å²) in [6, 6.07) is 18.1. The molecule has 3 aromatic carbocycles. The molecule has 5 rings (SSSR count). The molecule has 0 fully saturated rings. The highest BCUT2D eigenvalue weighted by atomic mass is 35.5. The van der Waals surface area contributed by atoms with Crippen molar-refractivity contribution >= 4 is 40.7 Å². The zero-order valence-corrected chi connectivity index (χ0v) is 21.0. The van der Waals surface area contributed by atoms with Crippen molar-refractivity contribution in [3.05, 3.63) is 95.4 Å². The van der Waals surface area contributed by atoms with Crippen molar-refractivity contribution in [2.24, 2.45) is 0 Å². The average Bonchev–Trinajstić information content (AvgIpc) is 3.54. The molecule has 2 heterocycles. The van der Waals surface area contributed by atoms with Crippen LogP contribution >= 0.6 is 23.2 Å². The van der Waals surface area contributed by atoms with Gasteiger partial charge in [-0.2, -0.15) is 5.10 Å². The summed E-state index contributed by atoms with van der Waals surface area (Å²) in [5.41, 5.74) is 2.08. The number of para-hydroxylation sites is 1. The van der Waals surface area contributed by atoms with E-state index in [0.717, 1.165) is 0 Å². The van der Waals surface area contributed by atoms with E-state index >= 15 is 0 Å². The summed E-state index contributed by atoms with van der Waals surface area (Å²) in [7, 11) is 0. The third kappa shape index (κ3) is 6.13. The number of hydrogen-bond acceptors (Lipinski definition) is 5. The number of amides is 2. The van der Waals surface area contributed by atoms with Crippen LogP contribution in [0.25, 0.3) is 22.8 Å². The minimum Gasteiger partial charge on any atom is -0.406 e. The number of carbonyl (C=O) groups is 1. The molecule has 2 N–H and O–H groups in total. The van der Waals surface area contributed by atoms with Crippen LogP contribution in [0.3, 0.4) is 0 Å². The lowest BCUT2D eigenvalue weighted by Gasteiger charge is -2.12. The molecule has 0 aliphatic carbocycles. The Bertz CT molecular complexity index is 1600. The summed E-state index contributed by atoms with van der Waals surface area (Å²) in [6.07, 6.45) is -1.83. The maximum Gasteiger partial charge on any atom is 0.573 e. The lowest BCUT2D eigenvalue weighted by atomic mass is 10.2. The number of anilines is 2. The van der Waals surface area contributed by atoms with Crippen LogP contribution in [-0.4, -0.2) is 36.9 Å². The molecule has 0 bridgehead atoms. The second kappa shape index (κ2) is 10.7. The first-order valence-electron chi connectivity index (χ1n) is 11.1. The van der Waals surface area contributed by atoms with E-state index in [9.17, 15) is 18.0 Å². The van der Waals surface area contributed by atoms with E-state index in [1.807, 2.05) is 0 Å². The van der Waals surface area contributed by atoms with Crippen molar-refractivity contribution in [3.63, 3.8) is 0 Å². The Kier molecular flexibility index (Phi) is 7.13. The van der Waals surface area contributed by atoms with Crippen molar-refractivity contribution in [1.29, 1.82) is 0 Å². The van der Waals surface area contributed by atoms with Gasteiger partial charge in [0.2, 0.25) is 0 Å². The van der Waals surface area contributed by atoms with E-state index < -0.39 is 12.4 Å². The Morgan fingerprint density at radius 2 is 1.59 bits per heavy atom. The molecule has 0 aliphatic heterocycles. The molecule has 0 saturated heterocycles. The Labute approximate surface area is 228 Å². The van der Waals surface area contributed by atoms with Gasteiger partial charge in [0, 0.05) is 17.3 Å². The summed E-state index contributed by atoms with van der Waals surface area (Å²) in [5, 5.41) is 14.7. The van der Waals surface area contributed by atoms with E-state index in [1.54, 1.807) is 48.5 Å². The minimum absolute atomic E-state index is 0.337. The van der Waals surface area contributed by atoms with Gasteiger partial charge in [0.25, 0.3) is 0 Å². The smallest absolute Gasteiger partial charge is 0.406 e. The molecule has 0 aliphatic rings. The maximum absolute atomic E-state index is 12.6. The van der Waals surface area contributed by atoms with Crippen LogP contribution < -0.4 is 15.4 Å². The maximum atomic E-state index is 12.6. The third-order valence-corrected chi connectivity index (χ3v) is 5.87. The van der Waals surface area contributed by atoms with Crippen molar-refractivity contribution in [2.45, 2.75) is 6.36 Å². The van der Waals surface area contributed by atoms with E-state index in [1.165, 1.54) is 46.2 Å². The monoisotopic (exact) mass is 573 g/mol. The number of carbonyl (C=O) groups excluding carboxylic acids is 1. The standard InChI is InChI=1S/C25H16Cl2F3N7O2/c26-19-2-1-3-20(27)22(19)37-21(12-13-32-37)34-24(38)33-16-6-4-15(5-7-16)23-31-14-36(35-23)17-8-10-18(11-9-17)39-25(28,29)30/h1-14H,(H2,33,34,38). The summed E-state index contributed by atoms with van der Waals surface area (Å²) in [5.74, 6) is 0.393. The number of urea groups is 1. The molecule has 0 unspecified atom stereocenters. The Morgan fingerprint density at radius 3 is 2.26 bits per heavy atom. The van der Waals surface area contributed by atoms with E-state index in [2.05, 4.69) is 30.6 Å². The molecule has 198 valence electrons. The first kappa shape index (κ1) is 26.1. The van der Waals surface area contributed by atoms with E-state index in [-0.39, 0.29) is 5.75 Å². The quantitative estimate of drug-likeness (QED) is 0.228. The van der Waals surface area contributed by atoms with Crippen molar-refractivity contribution in [1.82, 2.24) is 24.5 Å². The highest BCUT2D eigenvalue weighted by molar-refractivity contribution is 6.37. The number of nitrogens with one attached hydrogen (secondary N) is 2. The number of alkyl halides is 3. The number of benzene rings is 3. The first-order valence-corrected chi connectivity index (χ1v) is 11.9. The first-order chi connectivity index (χ1) is 18.7. The van der Waals surface area contributed by atoms with Gasteiger partial charge in [-0.1, -0.05) is 29.3 Å². The molecule has 0 atom stereocenters. The van der Waals surface area contributed by atoms with Gasteiger partial charge in [0.1, 0.15) is 23.6 Å². The topological polar surface area (TPSA) is 98.9 Å². The predicted octanol–water partition coefficient (Wildman–Crippen LogP) is 6.97. The Morgan fingerprint density at radius 1 is 0.897 bits per heavy atom. The number of halogens is 5. The fourth-order valence-corrected chi connectivity index (χ4v) is 4.13. The molecule has 39 heavy (non-hydrogen) atoms. The second-order valence-corrected chi connectivity index (χ2v) is 8.72. The van der Waals surface area contributed by atoms with Gasteiger partial charge in [-0.25, -0.2) is 19.1 Å². The number of rotatable bonds is 6. The van der Waals surface area contributed by atoms with Gasteiger partial charge in [-0.15, -0.1) is 18.3 Å². The molecule has 5 aromatic rings. The third-order valence-electron chi connectivity index (χ3n) is 5.26. The van der Waals surface area contributed by atoms with Crippen LogP contribution in [-0.2, 0) is 0 Å². The fourth-order valence-electron chi connectivity index (χ4n) is 3.57. The van der Waals surface area contributed by atoms with Gasteiger partial charge in [-0.3, -0.25) is 5.32 Å². The fraction of sp³-hybridized carbons (Fsp3) is 0.0400. The van der Waals surface area contributed by atoms with Crippen LogP contribution in [0, 0.1) is 0 Å². The number of ether oxygens (including phenoxy) is 1. The average molecular weight is 574 g/mol. The number of hydrogen-bond donors (Lipinski definition) is 2. The van der Waals surface area contributed by atoms with Gasteiger partial charge >= 0.3 is 12.4 Å². The molecule has 9 nitrogen and oxygen atoms in total. The lowest BCUT2D eigenvalue weighted by molar-refractivity contribution is -0.274. The summed E-state index contributed by atoms with van der Waals surface area (Å²) < 4.78 is 43.8. The molecule has 2 aromatic heterocycles. The van der Waals surface area contributed by atoms with E-state index in [0.29, 0.717) is 44.3 Å². The second-order valence-electron chi connectivity index (χ2n) is 7.91. The molecule has 2 amide bonds. The molecule has 0 saturated carbocycles. The van der Waals surface area contributed by atoms with Gasteiger partial charge in [-0.05, 0) is 60.7 Å². The molecule has 0 radical (unpaired) electrons. The van der Waals surface area contributed by atoms with Crippen LogP contribution in [0.5, 0.6) is 5.75 Å². The molecule has 0 spiro atoms. The van der Waals surface area contributed by atoms with Gasteiger partial charge in [0.05, 0.1) is 21.9 Å². The Hall–Kier alpha value is -4.55. The normalized spacial score (nSPS) is 11.3. The van der Waals surface area contributed by atoms with Crippen molar-refractivity contribution < 1.29 is 22.7 Å². The largest absolute Gasteiger partial charge is 0.573 e. The zero-order chi connectivity index (χ0) is 27.6. The summed E-state index contributed by atoms with van der Waals surface area (Å²) in [6.45, 7) is 0. The highest BCUT2D eigenvalue weighted by Gasteiger charge is 2.31. The predicted molar refractivity (Wildman–Crippen MR) is 140 cm³/mol. The van der Waals surface area contributed by atoms with Gasteiger partial charge in [0.15, 0.2) is 5.82 Å². The van der Waals surface area contributed by atoms with Crippen molar-refractivity contribution in [3.8, 4) is 28.5 Å². The highest BCUT2D eigenvalue weighted by Crippen LogP contribution is 2.30. The molecule has 14 heteroatoms. The molecular weight excluding hydrogens is 558 g/mol. The number of nitrogens with zero attached hydrogens (tertiary/aromatic N) is 5. The molecular formula is C25H16Cl2F3N7O2. The van der Waals surface area contributed by atoms with Crippen LogP contribution in [0.1, 0.15) is 0 Å². The number of aromatic nitrogens is 5. The summed E-state index contributed by atoms with van der Waals surface area (Å²) in [4.78, 5) is 16.9. The minimum atomic E-state index is -4.77. The SMILES string of the molecule is O=C(Nc1ccc(-c2ncn(-c3ccc(OC(F)(F)F)cc3)n2)cc1)Nc1ccnn1-c1c(Cl)cccc1Cl. The van der Waals surface area contributed by atoms with Crippen molar-refractivity contribution in [2.75, 3.05) is 10.6 Å². The zero-order valence-electron chi connectivity index (χ0n) is 19.5. The lowest BCUT2D eigenvalue weighted by Crippen LogP contribution is -2.21. The van der Waals surface area contributed by atoms with Crippen LogP contribution in [0.15, 0.2) is 85.3 Å². The summed E-state index contributed by atoms with van der Waals surface area (Å²) >= 11 is 12.5. The van der Waals surface area contributed by atoms with Gasteiger partial charge < -0.3 is 10.1 Å². The van der Waals surface area contributed by atoms with Crippen LogP contribution in [0.4, 0.5) is 29.5 Å². The van der Waals surface area contributed by atoms with Crippen LogP contribution in [0.2, 0.25) is 10.0 Å².